The number of ether oxygens (including phenoxy) is 6. The number of esters is 1. The second-order valence-corrected chi connectivity index (χ2v) is 6.76. The van der Waals surface area contributed by atoms with Crippen LogP contribution in [0.15, 0.2) is 36.4 Å². The van der Waals surface area contributed by atoms with Crippen molar-refractivity contribution in [1.29, 1.82) is 0 Å². The lowest BCUT2D eigenvalue weighted by Gasteiger charge is -2.18. The number of carbonyl (C=O) groups excluding carboxylic acids is 2. The van der Waals surface area contributed by atoms with E-state index in [-0.39, 0.29) is 28.6 Å². The summed E-state index contributed by atoms with van der Waals surface area (Å²) in [5, 5.41) is 10.5. The smallest absolute Gasteiger partial charge is 0.330 e. The van der Waals surface area contributed by atoms with Gasteiger partial charge in [0.1, 0.15) is 6.10 Å². The van der Waals surface area contributed by atoms with Crippen molar-refractivity contribution in [3.63, 3.8) is 0 Å². The maximum Gasteiger partial charge on any atom is 0.330 e. The predicted octanol–water partition coefficient (Wildman–Crippen LogP) is 2.88. The molecule has 170 valence electrons. The Hall–Kier alpha value is -3.88. The van der Waals surface area contributed by atoms with Crippen LogP contribution in [0.5, 0.6) is 34.5 Å². The Labute approximate surface area is 185 Å². The number of carbonyl (C=O) groups is 2. The van der Waals surface area contributed by atoms with E-state index in [1.165, 1.54) is 59.8 Å². The quantitative estimate of drug-likeness (QED) is 0.373. The third-order valence-corrected chi connectivity index (χ3v) is 5.12. The summed E-state index contributed by atoms with van der Waals surface area (Å²) < 4.78 is 31.6. The van der Waals surface area contributed by atoms with Crippen LogP contribution in [-0.4, -0.2) is 58.5 Å². The van der Waals surface area contributed by atoms with Crippen molar-refractivity contribution < 1.29 is 43.1 Å². The molecule has 0 saturated carbocycles. The van der Waals surface area contributed by atoms with E-state index in [9.17, 15) is 14.7 Å². The Morgan fingerprint density at radius 2 is 1.56 bits per heavy atom. The number of rotatable bonds is 8. The van der Waals surface area contributed by atoms with Gasteiger partial charge in [-0.2, -0.15) is 0 Å². The average molecular weight is 444 g/mol. The highest BCUT2D eigenvalue weighted by Gasteiger charge is 2.41. The van der Waals surface area contributed by atoms with Gasteiger partial charge in [0.05, 0.1) is 41.5 Å². The van der Waals surface area contributed by atoms with Gasteiger partial charge in [-0.25, -0.2) is 4.79 Å². The highest BCUT2D eigenvalue weighted by molar-refractivity contribution is 6.03. The molecule has 0 spiro atoms. The third-order valence-electron chi connectivity index (χ3n) is 5.12. The fourth-order valence-corrected chi connectivity index (χ4v) is 3.57. The molecule has 0 amide bonds. The van der Waals surface area contributed by atoms with E-state index in [4.69, 9.17) is 23.7 Å². The largest absolute Gasteiger partial charge is 0.502 e. The maximum atomic E-state index is 13.6. The van der Waals surface area contributed by atoms with E-state index in [0.717, 1.165) is 0 Å². The number of phenols is 1. The molecular formula is C23H24O9. The SMILES string of the molecule is COC(=O)/C=C/C1Oc2c(ccc(OC)c2O)C1C(=O)c1cc(OC)c(OC)c(OC)c1. The second kappa shape index (κ2) is 9.51. The maximum absolute atomic E-state index is 13.6. The van der Waals surface area contributed by atoms with Crippen molar-refractivity contribution in [1.82, 2.24) is 0 Å². The first-order valence-electron chi connectivity index (χ1n) is 9.56. The van der Waals surface area contributed by atoms with E-state index in [1.807, 2.05) is 0 Å². The summed E-state index contributed by atoms with van der Waals surface area (Å²) in [7, 11) is 7.01. The number of hydrogen-bond acceptors (Lipinski definition) is 9. The van der Waals surface area contributed by atoms with Crippen molar-refractivity contribution in [3.05, 3.63) is 47.5 Å². The van der Waals surface area contributed by atoms with Crippen LogP contribution in [0.1, 0.15) is 21.8 Å². The van der Waals surface area contributed by atoms with Gasteiger partial charge in [-0.1, -0.05) is 6.07 Å². The third kappa shape index (κ3) is 4.01. The van der Waals surface area contributed by atoms with Crippen LogP contribution in [0.4, 0.5) is 0 Å². The summed E-state index contributed by atoms with van der Waals surface area (Å²) in [5.41, 5.74) is 0.717. The van der Waals surface area contributed by atoms with Crippen molar-refractivity contribution in [2.24, 2.45) is 0 Å². The minimum atomic E-state index is -0.881. The molecule has 1 heterocycles. The molecule has 0 radical (unpaired) electrons. The number of hydrogen-bond donors (Lipinski definition) is 1. The van der Waals surface area contributed by atoms with Crippen LogP contribution in [0.3, 0.4) is 0 Å². The molecule has 9 nitrogen and oxygen atoms in total. The molecule has 1 aliphatic rings. The number of fused-ring (bicyclic) bond motifs is 1. The Morgan fingerprint density at radius 1 is 0.938 bits per heavy atom. The van der Waals surface area contributed by atoms with Gasteiger partial charge in [-0.05, 0) is 24.3 Å². The molecule has 32 heavy (non-hydrogen) atoms. The van der Waals surface area contributed by atoms with E-state index in [1.54, 1.807) is 12.1 Å². The Balaban J connectivity index is 2.12. The average Bonchev–Trinajstić information content (AvgIpc) is 3.20. The monoisotopic (exact) mass is 444 g/mol. The number of phenolic OH excluding ortho intramolecular Hbond substituents is 1. The summed E-state index contributed by atoms with van der Waals surface area (Å²) >= 11 is 0. The normalized spacial score (nSPS) is 16.8. The van der Waals surface area contributed by atoms with Gasteiger partial charge in [0, 0.05) is 17.2 Å². The molecule has 1 N–H and O–H groups in total. The summed E-state index contributed by atoms with van der Waals surface area (Å²) in [6.07, 6.45) is 1.70. The van der Waals surface area contributed by atoms with Gasteiger partial charge >= 0.3 is 5.97 Å². The van der Waals surface area contributed by atoms with Gasteiger partial charge in [0.25, 0.3) is 0 Å². The van der Waals surface area contributed by atoms with Crippen LogP contribution >= 0.6 is 0 Å². The second-order valence-electron chi connectivity index (χ2n) is 6.76. The van der Waals surface area contributed by atoms with Gasteiger partial charge < -0.3 is 33.5 Å². The number of ketones is 1. The lowest BCUT2D eigenvalue weighted by Crippen LogP contribution is -2.24. The van der Waals surface area contributed by atoms with E-state index in [2.05, 4.69) is 4.74 Å². The summed E-state index contributed by atoms with van der Waals surface area (Å²) in [5.74, 6) is -0.777. The molecular weight excluding hydrogens is 420 g/mol. The molecule has 0 aromatic heterocycles. The molecule has 0 bridgehead atoms. The van der Waals surface area contributed by atoms with Gasteiger partial charge in [0.15, 0.2) is 28.8 Å². The highest BCUT2D eigenvalue weighted by atomic mass is 16.5. The minimum absolute atomic E-state index is 0.106. The first-order valence-corrected chi connectivity index (χ1v) is 9.56. The highest BCUT2D eigenvalue weighted by Crippen LogP contribution is 2.50. The van der Waals surface area contributed by atoms with Gasteiger partial charge in [-0.15, -0.1) is 0 Å². The van der Waals surface area contributed by atoms with Crippen LogP contribution in [0.25, 0.3) is 0 Å². The van der Waals surface area contributed by atoms with Crippen molar-refractivity contribution in [2.75, 3.05) is 35.5 Å². The first kappa shape index (κ1) is 22.8. The van der Waals surface area contributed by atoms with Crippen LogP contribution in [0.2, 0.25) is 0 Å². The first-order chi connectivity index (χ1) is 15.4. The van der Waals surface area contributed by atoms with Crippen LogP contribution in [0, 0.1) is 0 Å². The van der Waals surface area contributed by atoms with E-state index in [0.29, 0.717) is 22.8 Å². The fourth-order valence-electron chi connectivity index (χ4n) is 3.57. The number of aromatic hydroxyl groups is 1. The lowest BCUT2D eigenvalue weighted by atomic mass is 9.87. The Bertz CT molecular complexity index is 1030. The molecule has 2 atom stereocenters. The van der Waals surface area contributed by atoms with E-state index >= 15 is 0 Å². The standard InChI is InChI=1S/C23H24O9/c1-27-15-7-6-13-19(14(8-9-18(24)30-4)32-22(13)21(15)26)20(25)12-10-16(28-2)23(31-5)17(11-12)29-3/h6-11,14,19,26H,1-5H3/b9-8+. The summed E-state index contributed by atoms with van der Waals surface area (Å²) in [4.78, 5) is 25.3. The molecule has 2 aromatic rings. The lowest BCUT2D eigenvalue weighted by molar-refractivity contribution is -0.134. The molecule has 0 saturated heterocycles. The molecule has 0 fully saturated rings. The summed E-state index contributed by atoms with van der Waals surface area (Å²) in [6, 6.07) is 6.25. The molecule has 2 unspecified atom stereocenters. The molecule has 2 aromatic carbocycles. The number of benzene rings is 2. The molecule has 0 aliphatic carbocycles. The van der Waals surface area contributed by atoms with E-state index < -0.39 is 18.0 Å². The zero-order valence-corrected chi connectivity index (χ0v) is 18.3. The number of methoxy groups -OCH3 is 5. The van der Waals surface area contributed by atoms with Crippen molar-refractivity contribution >= 4 is 11.8 Å². The minimum Gasteiger partial charge on any atom is -0.502 e. The Morgan fingerprint density at radius 3 is 2.09 bits per heavy atom. The summed E-state index contributed by atoms with van der Waals surface area (Å²) in [6.45, 7) is 0. The zero-order valence-electron chi connectivity index (χ0n) is 18.3. The molecule has 9 heteroatoms. The zero-order chi connectivity index (χ0) is 23.4. The van der Waals surface area contributed by atoms with Crippen LogP contribution < -0.4 is 23.7 Å². The van der Waals surface area contributed by atoms with Crippen molar-refractivity contribution in [2.45, 2.75) is 12.0 Å². The molecule has 1 aliphatic heterocycles. The molecule has 3 rings (SSSR count). The van der Waals surface area contributed by atoms with Crippen molar-refractivity contribution in [3.8, 4) is 34.5 Å². The number of Topliss-reactive ketones (excluding diaryl/α,β-unsaturated/α-hetero) is 1. The fraction of sp³-hybridized carbons (Fsp3) is 0.304. The van der Waals surface area contributed by atoms with Gasteiger partial charge in [0.2, 0.25) is 11.5 Å². The predicted molar refractivity (Wildman–Crippen MR) is 113 cm³/mol. The topological polar surface area (TPSA) is 110 Å². The Kier molecular flexibility index (Phi) is 6.77. The van der Waals surface area contributed by atoms with Crippen LogP contribution in [-0.2, 0) is 9.53 Å². The van der Waals surface area contributed by atoms with Gasteiger partial charge in [-0.3, -0.25) is 4.79 Å².